The highest BCUT2D eigenvalue weighted by Gasteiger charge is 2.68. The summed E-state index contributed by atoms with van der Waals surface area (Å²) in [6.07, 6.45) is -2.16. The predicted molar refractivity (Wildman–Crippen MR) is 108 cm³/mol. The van der Waals surface area contributed by atoms with Gasteiger partial charge in [0.05, 0.1) is 0 Å². The lowest BCUT2D eigenvalue weighted by Crippen LogP contribution is -2.75. The van der Waals surface area contributed by atoms with Crippen molar-refractivity contribution in [2.45, 2.75) is 37.4 Å². The Morgan fingerprint density at radius 3 is 2.38 bits per heavy atom. The zero-order valence-electron chi connectivity index (χ0n) is 16.9. The normalized spacial score (nSPS) is 23.5. The molecule has 0 atom stereocenters. The number of nitrogens with zero attached hydrogens (tertiary/aromatic N) is 1. The van der Waals surface area contributed by atoms with Crippen LogP contribution in [0.1, 0.15) is 31.4 Å². The molecule has 3 aliphatic carbocycles. The highest BCUT2D eigenvalue weighted by atomic mass is 35.5. The van der Waals surface area contributed by atoms with E-state index in [0.717, 1.165) is 6.07 Å². The molecule has 5 rings (SSSR count). The number of ketones is 1. The maximum absolute atomic E-state index is 12.7. The molecule has 1 amide bonds. The molecule has 0 radical (unpaired) electrons. The highest BCUT2D eigenvalue weighted by molar-refractivity contribution is 6.30. The Labute approximate surface area is 187 Å². The molecule has 1 N–H and O–H groups in total. The molecule has 3 saturated carbocycles. The summed E-state index contributed by atoms with van der Waals surface area (Å²) in [6.45, 7) is -0.461. The van der Waals surface area contributed by atoms with Crippen molar-refractivity contribution in [3.63, 3.8) is 0 Å². The molecule has 2 aromatic rings. The lowest BCUT2D eigenvalue weighted by atomic mass is 9.38. The lowest BCUT2D eigenvalue weighted by Gasteiger charge is -2.70. The second-order valence-electron chi connectivity index (χ2n) is 8.46. The van der Waals surface area contributed by atoms with Gasteiger partial charge < -0.3 is 14.8 Å². The molecule has 1 aromatic heterocycles. The van der Waals surface area contributed by atoms with Crippen LogP contribution in [0.2, 0.25) is 5.02 Å². The van der Waals surface area contributed by atoms with Crippen molar-refractivity contribution in [2.75, 3.05) is 13.2 Å². The average molecular weight is 469 g/mol. The van der Waals surface area contributed by atoms with Crippen LogP contribution < -0.4 is 14.8 Å². The number of nitrogens with one attached hydrogen (secondary N) is 1. The second kappa shape index (κ2) is 8.27. The molecule has 1 heterocycles. The Morgan fingerprint density at radius 2 is 1.72 bits per heavy atom. The van der Waals surface area contributed by atoms with Gasteiger partial charge in [0.2, 0.25) is 5.88 Å². The number of alkyl halides is 3. The van der Waals surface area contributed by atoms with Crippen LogP contribution in [0.5, 0.6) is 11.6 Å². The van der Waals surface area contributed by atoms with Gasteiger partial charge in [-0.25, -0.2) is 4.98 Å². The standard InChI is InChI=1S/C22H20ClF3N2O4/c23-14-4-6-16(7-5-14)31-9-15(29)8-20-11-21(12-20,13-20)28-18(30)10-32-19-3-1-2-17(27-19)22(24,25)26/h1-7H,8-13H2,(H,28,30). The average Bonchev–Trinajstić information content (AvgIpc) is 2.69. The first-order valence-electron chi connectivity index (χ1n) is 9.95. The SMILES string of the molecule is O=C(COc1ccc(Cl)cc1)CC12CC(NC(=O)COc3cccc(C(F)(F)F)n3)(C1)C2. The van der Waals surface area contributed by atoms with Gasteiger partial charge in [0, 0.05) is 23.0 Å². The number of rotatable bonds is 9. The molecule has 0 unspecified atom stereocenters. The van der Waals surface area contributed by atoms with Gasteiger partial charge in [-0.1, -0.05) is 17.7 Å². The lowest BCUT2D eigenvalue weighted by molar-refractivity contribution is -0.173. The Balaban J connectivity index is 1.18. The van der Waals surface area contributed by atoms with Gasteiger partial charge in [-0.15, -0.1) is 0 Å². The molecule has 6 nitrogen and oxygen atoms in total. The summed E-state index contributed by atoms with van der Waals surface area (Å²) in [5, 5.41) is 3.45. The van der Waals surface area contributed by atoms with Gasteiger partial charge in [-0.2, -0.15) is 13.2 Å². The van der Waals surface area contributed by atoms with Crippen LogP contribution in [0.3, 0.4) is 0 Å². The van der Waals surface area contributed by atoms with Gasteiger partial charge in [0.25, 0.3) is 5.91 Å². The number of Topliss-reactive ketones (excluding diaryl/α,β-unsaturated/α-hetero) is 1. The first-order chi connectivity index (χ1) is 15.1. The van der Waals surface area contributed by atoms with E-state index in [1.807, 2.05) is 0 Å². The van der Waals surface area contributed by atoms with Crippen molar-refractivity contribution in [1.82, 2.24) is 10.3 Å². The van der Waals surface area contributed by atoms with Crippen LogP contribution in [0.25, 0.3) is 0 Å². The number of halogens is 4. The Hall–Kier alpha value is -2.81. The molecule has 3 aliphatic rings. The number of hydrogen-bond acceptors (Lipinski definition) is 5. The molecule has 10 heteroatoms. The molecule has 0 aliphatic heterocycles. The fourth-order valence-corrected chi connectivity index (χ4v) is 4.73. The summed E-state index contributed by atoms with van der Waals surface area (Å²) < 4.78 is 48.7. The van der Waals surface area contributed by atoms with Gasteiger partial charge in [0.1, 0.15) is 18.1 Å². The van der Waals surface area contributed by atoms with Crippen molar-refractivity contribution in [3.8, 4) is 11.6 Å². The Bertz CT molecular complexity index is 1010. The van der Waals surface area contributed by atoms with Crippen LogP contribution in [0.15, 0.2) is 42.5 Å². The molecule has 3 fully saturated rings. The predicted octanol–water partition coefficient (Wildman–Crippen LogP) is 4.21. The summed E-state index contributed by atoms with van der Waals surface area (Å²) in [5.74, 6) is -0.150. The van der Waals surface area contributed by atoms with Crippen molar-refractivity contribution >= 4 is 23.3 Å². The quantitative estimate of drug-likeness (QED) is 0.596. The van der Waals surface area contributed by atoms with Crippen LogP contribution in [0.4, 0.5) is 13.2 Å². The summed E-state index contributed by atoms with van der Waals surface area (Å²) >= 11 is 5.81. The zero-order chi connectivity index (χ0) is 23.0. The van der Waals surface area contributed by atoms with Crippen LogP contribution in [-0.2, 0) is 15.8 Å². The first-order valence-corrected chi connectivity index (χ1v) is 10.3. The van der Waals surface area contributed by atoms with Crippen LogP contribution in [-0.4, -0.2) is 35.4 Å². The topological polar surface area (TPSA) is 77.5 Å². The number of ether oxygens (including phenoxy) is 2. The van der Waals surface area contributed by atoms with E-state index in [9.17, 15) is 22.8 Å². The van der Waals surface area contributed by atoms with Crippen molar-refractivity contribution in [3.05, 3.63) is 53.2 Å². The third-order valence-corrected chi connectivity index (χ3v) is 5.95. The number of carbonyl (C=O) groups is 2. The number of amides is 1. The largest absolute Gasteiger partial charge is 0.486 e. The maximum atomic E-state index is 12.7. The smallest absolute Gasteiger partial charge is 0.433 e. The second-order valence-corrected chi connectivity index (χ2v) is 8.90. The van der Waals surface area contributed by atoms with Gasteiger partial charge in [0.15, 0.2) is 12.4 Å². The Kier molecular flexibility index (Phi) is 5.79. The van der Waals surface area contributed by atoms with Gasteiger partial charge >= 0.3 is 6.18 Å². The van der Waals surface area contributed by atoms with E-state index in [4.69, 9.17) is 21.1 Å². The molecule has 170 valence electrons. The van der Waals surface area contributed by atoms with Gasteiger partial charge in [-0.3, -0.25) is 9.59 Å². The minimum Gasteiger partial charge on any atom is -0.486 e. The van der Waals surface area contributed by atoms with Crippen LogP contribution in [0, 0.1) is 5.41 Å². The van der Waals surface area contributed by atoms with Crippen molar-refractivity contribution in [2.24, 2.45) is 5.41 Å². The molecule has 2 bridgehead atoms. The molecule has 0 saturated heterocycles. The molecule has 1 aromatic carbocycles. The number of carbonyl (C=O) groups excluding carboxylic acids is 2. The summed E-state index contributed by atoms with van der Waals surface area (Å²) in [6, 6.07) is 10.0. The third-order valence-electron chi connectivity index (χ3n) is 5.70. The monoisotopic (exact) mass is 468 g/mol. The number of benzene rings is 1. The highest BCUT2D eigenvalue weighted by Crippen LogP contribution is 2.68. The number of hydrogen-bond donors (Lipinski definition) is 1. The summed E-state index contributed by atoms with van der Waals surface area (Å²) in [5.41, 5.74) is -1.56. The third kappa shape index (κ3) is 4.98. The van der Waals surface area contributed by atoms with E-state index in [1.54, 1.807) is 24.3 Å². The summed E-state index contributed by atoms with van der Waals surface area (Å²) in [7, 11) is 0. The maximum Gasteiger partial charge on any atom is 0.433 e. The fourth-order valence-electron chi connectivity index (χ4n) is 4.61. The van der Waals surface area contributed by atoms with E-state index < -0.39 is 24.4 Å². The van der Waals surface area contributed by atoms with E-state index in [-0.39, 0.29) is 29.2 Å². The van der Waals surface area contributed by atoms with Crippen molar-refractivity contribution < 1.29 is 32.2 Å². The fraction of sp³-hybridized carbons (Fsp3) is 0.409. The summed E-state index contributed by atoms with van der Waals surface area (Å²) in [4.78, 5) is 27.8. The first kappa shape index (κ1) is 22.4. The molecule has 0 spiro atoms. The van der Waals surface area contributed by atoms with E-state index in [1.165, 1.54) is 12.1 Å². The van der Waals surface area contributed by atoms with Crippen molar-refractivity contribution in [1.29, 1.82) is 0 Å². The Morgan fingerprint density at radius 1 is 1.03 bits per heavy atom. The molecular formula is C22H20ClF3N2O4. The molecule has 32 heavy (non-hydrogen) atoms. The minimum atomic E-state index is -4.58. The zero-order valence-corrected chi connectivity index (χ0v) is 17.6. The minimum absolute atomic E-state index is 0.0152. The number of aromatic nitrogens is 1. The van der Waals surface area contributed by atoms with E-state index in [2.05, 4.69) is 10.3 Å². The van der Waals surface area contributed by atoms with E-state index >= 15 is 0 Å². The van der Waals surface area contributed by atoms with E-state index in [0.29, 0.717) is 36.5 Å². The van der Waals surface area contributed by atoms with Gasteiger partial charge in [-0.05, 0) is 55.0 Å². The molecular weight excluding hydrogens is 449 g/mol. The van der Waals surface area contributed by atoms with Crippen LogP contribution >= 0.6 is 11.6 Å². The number of pyridine rings is 1.